The molecule has 3 rings (SSSR count). The molecule has 2 aromatic rings. The minimum absolute atomic E-state index is 0.268. The number of nitrogens with two attached hydrogens (primary N) is 1. The van der Waals surface area contributed by atoms with Crippen LogP contribution in [-0.4, -0.2) is 29.1 Å². The first-order chi connectivity index (χ1) is 8.24. The molecule has 0 amide bonds. The minimum Gasteiger partial charge on any atom is -0.342 e. The predicted octanol–water partition coefficient (Wildman–Crippen LogP) is 1.74. The van der Waals surface area contributed by atoms with Crippen LogP contribution in [0.4, 0.5) is 5.95 Å². The van der Waals surface area contributed by atoms with Gasteiger partial charge in [-0.1, -0.05) is 12.1 Å². The summed E-state index contributed by atoms with van der Waals surface area (Å²) in [6, 6.07) is 8.41. The van der Waals surface area contributed by atoms with Crippen LogP contribution in [0.25, 0.3) is 11.0 Å². The van der Waals surface area contributed by atoms with Gasteiger partial charge < -0.3 is 15.6 Å². The van der Waals surface area contributed by atoms with Gasteiger partial charge in [0.05, 0.1) is 11.0 Å². The van der Waals surface area contributed by atoms with Crippen LogP contribution in [-0.2, 0) is 0 Å². The van der Waals surface area contributed by atoms with E-state index in [9.17, 15) is 0 Å². The lowest BCUT2D eigenvalue weighted by atomic mass is 10.0. The van der Waals surface area contributed by atoms with E-state index < -0.39 is 0 Å². The van der Waals surface area contributed by atoms with Crippen LogP contribution in [0.15, 0.2) is 24.3 Å². The first-order valence-corrected chi connectivity index (χ1v) is 6.19. The summed E-state index contributed by atoms with van der Waals surface area (Å²) in [6.07, 6.45) is 1.16. The lowest BCUT2D eigenvalue weighted by Crippen LogP contribution is -2.30. The molecule has 90 valence electrons. The molecule has 1 aliphatic heterocycles. The number of benzene rings is 1. The highest BCUT2D eigenvalue weighted by Gasteiger charge is 2.26. The van der Waals surface area contributed by atoms with Gasteiger partial charge in [-0.15, -0.1) is 0 Å². The third-order valence-electron chi connectivity index (χ3n) is 3.64. The summed E-state index contributed by atoms with van der Waals surface area (Å²) in [5.74, 6) is 1.57. The van der Waals surface area contributed by atoms with Crippen molar-refractivity contribution < 1.29 is 0 Å². The number of aromatic nitrogens is 2. The summed E-state index contributed by atoms with van der Waals surface area (Å²) >= 11 is 0. The molecule has 1 aromatic heterocycles. The Balaban J connectivity index is 1.85. The molecule has 2 heterocycles. The summed E-state index contributed by atoms with van der Waals surface area (Å²) in [5.41, 5.74) is 8.09. The van der Waals surface area contributed by atoms with Gasteiger partial charge in [0.15, 0.2) is 0 Å². The van der Waals surface area contributed by atoms with Crippen LogP contribution in [0.3, 0.4) is 0 Å². The lowest BCUT2D eigenvalue weighted by molar-refractivity contribution is 0.488. The predicted molar refractivity (Wildman–Crippen MR) is 70.1 cm³/mol. The summed E-state index contributed by atoms with van der Waals surface area (Å²) < 4.78 is 0. The van der Waals surface area contributed by atoms with Gasteiger partial charge in [-0.3, -0.25) is 0 Å². The highest BCUT2D eigenvalue weighted by molar-refractivity contribution is 5.77. The highest BCUT2D eigenvalue weighted by atomic mass is 15.3. The van der Waals surface area contributed by atoms with Gasteiger partial charge >= 0.3 is 0 Å². The van der Waals surface area contributed by atoms with Crippen LogP contribution >= 0.6 is 0 Å². The Morgan fingerprint density at radius 2 is 2.29 bits per heavy atom. The second-order valence-electron chi connectivity index (χ2n) is 4.93. The number of hydrogen-bond donors (Lipinski definition) is 2. The third-order valence-corrected chi connectivity index (χ3v) is 3.64. The van der Waals surface area contributed by atoms with E-state index in [1.54, 1.807) is 0 Å². The first kappa shape index (κ1) is 10.6. The van der Waals surface area contributed by atoms with Crippen molar-refractivity contribution >= 4 is 17.0 Å². The first-order valence-electron chi connectivity index (χ1n) is 6.19. The average Bonchev–Trinajstić information content (AvgIpc) is 2.95. The normalized spacial score (nSPS) is 22.2. The van der Waals surface area contributed by atoms with Crippen LogP contribution in [0.2, 0.25) is 0 Å². The number of imidazole rings is 1. The Kier molecular flexibility index (Phi) is 2.52. The number of fused-ring (bicyclic) bond motifs is 1. The quantitative estimate of drug-likeness (QED) is 0.826. The maximum absolute atomic E-state index is 5.96. The molecule has 1 fully saturated rings. The van der Waals surface area contributed by atoms with Gasteiger partial charge in [0.25, 0.3) is 0 Å². The van der Waals surface area contributed by atoms with Crippen LogP contribution in [0.1, 0.15) is 13.3 Å². The van der Waals surface area contributed by atoms with Crippen molar-refractivity contribution in [2.24, 2.45) is 11.7 Å². The van der Waals surface area contributed by atoms with Gasteiger partial charge in [-0.2, -0.15) is 0 Å². The number of nitrogens with one attached hydrogen (secondary N) is 1. The lowest BCUT2D eigenvalue weighted by Gasteiger charge is -2.16. The Morgan fingerprint density at radius 3 is 3.00 bits per heavy atom. The number of hydrogen-bond acceptors (Lipinski definition) is 3. The number of rotatable bonds is 2. The Morgan fingerprint density at radius 1 is 1.47 bits per heavy atom. The van der Waals surface area contributed by atoms with Crippen molar-refractivity contribution in [3.05, 3.63) is 24.3 Å². The van der Waals surface area contributed by atoms with E-state index in [1.807, 2.05) is 18.2 Å². The van der Waals surface area contributed by atoms with Crippen LogP contribution in [0.5, 0.6) is 0 Å². The summed E-state index contributed by atoms with van der Waals surface area (Å²) in [6.45, 7) is 4.15. The average molecular weight is 230 g/mol. The minimum atomic E-state index is 0.268. The van der Waals surface area contributed by atoms with Crippen molar-refractivity contribution in [2.45, 2.75) is 19.4 Å². The molecule has 3 N–H and O–H groups in total. The maximum Gasteiger partial charge on any atom is 0.203 e. The summed E-state index contributed by atoms with van der Waals surface area (Å²) in [7, 11) is 0. The number of anilines is 1. The molecule has 1 saturated heterocycles. The SMILES string of the molecule is CC(N)C1CCN(c2nc3ccccc3[nH]2)C1. The van der Waals surface area contributed by atoms with E-state index in [0.717, 1.165) is 36.5 Å². The van der Waals surface area contributed by atoms with E-state index in [1.165, 1.54) is 0 Å². The van der Waals surface area contributed by atoms with E-state index in [2.05, 4.69) is 27.9 Å². The Labute approximate surface area is 101 Å². The highest BCUT2D eigenvalue weighted by Crippen LogP contribution is 2.24. The summed E-state index contributed by atoms with van der Waals surface area (Å²) in [4.78, 5) is 10.3. The number of H-pyrrole nitrogens is 1. The molecular weight excluding hydrogens is 212 g/mol. The fraction of sp³-hybridized carbons (Fsp3) is 0.462. The zero-order chi connectivity index (χ0) is 11.8. The standard InChI is InChI=1S/C13H18N4/c1-9(14)10-6-7-17(8-10)13-15-11-4-2-3-5-12(11)16-13/h2-5,9-10H,6-8,14H2,1H3,(H,15,16). The fourth-order valence-electron chi connectivity index (χ4n) is 2.50. The second-order valence-corrected chi connectivity index (χ2v) is 4.93. The molecule has 4 heteroatoms. The van der Waals surface area contributed by atoms with Gasteiger partial charge in [0.1, 0.15) is 0 Å². The van der Waals surface area contributed by atoms with Crippen LogP contribution in [0, 0.1) is 5.92 Å². The zero-order valence-electron chi connectivity index (χ0n) is 10.1. The van der Waals surface area contributed by atoms with Crippen molar-refractivity contribution in [1.82, 2.24) is 9.97 Å². The molecule has 0 spiro atoms. The molecule has 0 saturated carbocycles. The van der Waals surface area contributed by atoms with Gasteiger partial charge in [0.2, 0.25) is 5.95 Å². The van der Waals surface area contributed by atoms with E-state index in [-0.39, 0.29) is 6.04 Å². The van der Waals surface area contributed by atoms with E-state index in [0.29, 0.717) is 5.92 Å². The molecule has 17 heavy (non-hydrogen) atoms. The number of para-hydroxylation sites is 2. The van der Waals surface area contributed by atoms with Gasteiger partial charge in [-0.05, 0) is 31.4 Å². The molecule has 2 unspecified atom stereocenters. The molecule has 0 radical (unpaired) electrons. The molecule has 0 aliphatic carbocycles. The Bertz CT molecular complexity index is 484. The van der Waals surface area contributed by atoms with Crippen molar-refractivity contribution in [3.63, 3.8) is 0 Å². The number of aromatic amines is 1. The smallest absolute Gasteiger partial charge is 0.203 e. The third kappa shape index (κ3) is 1.89. The van der Waals surface area contributed by atoms with Crippen molar-refractivity contribution in [1.29, 1.82) is 0 Å². The van der Waals surface area contributed by atoms with E-state index in [4.69, 9.17) is 5.73 Å². The Hall–Kier alpha value is -1.55. The van der Waals surface area contributed by atoms with Gasteiger partial charge in [0, 0.05) is 19.1 Å². The summed E-state index contributed by atoms with van der Waals surface area (Å²) in [5, 5.41) is 0. The topological polar surface area (TPSA) is 57.9 Å². The maximum atomic E-state index is 5.96. The second kappa shape index (κ2) is 4.04. The molecule has 0 bridgehead atoms. The van der Waals surface area contributed by atoms with Crippen LogP contribution < -0.4 is 10.6 Å². The monoisotopic (exact) mass is 230 g/mol. The largest absolute Gasteiger partial charge is 0.342 e. The fourth-order valence-corrected chi connectivity index (χ4v) is 2.50. The van der Waals surface area contributed by atoms with Crippen molar-refractivity contribution in [3.8, 4) is 0 Å². The molecule has 1 aliphatic rings. The molecular formula is C13H18N4. The van der Waals surface area contributed by atoms with Gasteiger partial charge in [-0.25, -0.2) is 4.98 Å². The molecule has 2 atom stereocenters. The van der Waals surface area contributed by atoms with E-state index >= 15 is 0 Å². The molecule has 1 aromatic carbocycles. The van der Waals surface area contributed by atoms with Crippen molar-refractivity contribution in [2.75, 3.05) is 18.0 Å². The molecule has 4 nitrogen and oxygen atoms in total. The number of nitrogens with zero attached hydrogens (tertiary/aromatic N) is 2. The zero-order valence-corrected chi connectivity index (χ0v) is 10.1.